The Labute approximate surface area is 76.9 Å². The molecule has 0 spiro atoms. The Hall–Kier alpha value is -0.960. The van der Waals surface area contributed by atoms with E-state index in [1.54, 1.807) is 6.21 Å². The Bertz CT molecular complexity index is 254. The van der Waals surface area contributed by atoms with Crippen LogP contribution in [0.15, 0.2) is 34.3 Å². The predicted octanol–water partition coefficient (Wildman–Crippen LogP) is 2.09. The van der Waals surface area contributed by atoms with Crippen LogP contribution in [0.2, 0.25) is 0 Å². The molecular formula is C9H12N2S. The number of thioether (sulfide) groups is 1. The molecule has 0 heterocycles. The number of benzene rings is 1. The van der Waals surface area contributed by atoms with E-state index in [1.165, 1.54) is 4.90 Å². The second kappa shape index (κ2) is 4.83. The van der Waals surface area contributed by atoms with Gasteiger partial charge in [-0.3, -0.25) is 0 Å². The summed E-state index contributed by atoms with van der Waals surface area (Å²) in [5.41, 5.74) is 1.04. The van der Waals surface area contributed by atoms with E-state index >= 15 is 0 Å². The van der Waals surface area contributed by atoms with Crippen LogP contribution in [-0.2, 0) is 0 Å². The molecule has 0 unspecified atom stereocenters. The highest BCUT2D eigenvalue weighted by Crippen LogP contribution is 2.16. The summed E-state index contributed by atoms with van der Waals surface area (Å²) in [5.74, 6) is 6.12. The maximum atomic E-state index is 5.02. The number of hydrogen-bond donors (Lipinski definition) is 1. The van der Waals surface area contributed by atoms with E-state index in [4.69, 9.17) is 5.84 Å². The summed E-state index contributed by atoms with van der Waals surface area (Å²) in [6.07, 6.45) is 1.64. The Kier molecular flexibility index (Phi) is 3.67. The summed E-state index contributed by atoms with van der Waals surface area (Å²) >= 11 is 1.83. The summed E-state index contributed by atoms with van der Waals surface area (Å²) in [6, 6.07) is 8.17. The van der Waals surface area contributed by atoms with E-state index in [9.17, 15) is 0 Å². The molecule has 1 aromatic carbocycles. The molecule has 1 aromatic rings. The number of hydrazone groups is 1. The summed E-state index contributed by atoms with van der Waals surface area (Å²) in [4.78, 5) is 1.28. The van der Waals surface area contributed by atoms with Gasteiger partial charge in [-0.2, -0.15) is 5.10 Å². The number of nitrogens with two attached hydrogens (primary N) is 1. The fraction of sp³-hybridized carbons (Fsp3) is 0.222. The van der Waals surface area contributed by atoms with Gasteiger partial charge in [-0.05, 0) is 23.4 Å². The van der Waals surface area contributed by atoms with Crippen molar-refractivity contribution in [2.45, 2.75) is 11.8 Å². The summed E-state index contributed by atoms with van der Waals surface area (Å²) in [6.45, 7) is 2.14. The van der Waals surface area contributed by atoms with Crippen LogP contribution in [0.3, 0.4) is 0 Å². The van der Waals surface area contributed by atoms with Crippen molar-refractivity contribution in [1.29, 1.82) is 0 Å². The third-order valence-corrected chi connectivity index (χ3v) is 2.31. The first-order chi connectivity index (χ1) is 5.86. The Morgan fingerprint density at radius 2 is 2.08 bits per heavy atom. The van der Waals surface area contributed by atoms with Crippen molar-refractivity contribution in [3.05, 3.63) is 29.8 Å². The molecule has 0 saturated carbocycles. The lowest BCUT2D eigenvalue weighted by atomic mass is 10.2. The first-order valence-corrected chi connectivity index (χ1v) is 4.81. The SMILES string of the molecule is CCSc1ccc(C=NN)cc1. The van der Waals surface area contributed by atoms with Gasteiger partial charge in [0, 0.05) is 4.90 Å². The molecule has 64 valence electrons. The Morgan fingerprint density at radius 3 is 2.58 bits per heavy atom. The lowest BCUT2D eigenvalue weighted by molar-refractivity contribution is 1.26. The van der Waals surface area contributed by atoms with Crippen molar-refractivity contribution in [3.63, 3.8) is 0 Å². The lowest BCUT2D eigenvalue weighted by Crippen LogP contribution is -1.85. The minimum atomic E-state index is 1.04. The molecule has 0 aliphatic carbocycles. The van der Waals surface area contributed by atoms with E-state index in [-0.39, 0.29) is 0 Å². The molecule has 2 N–H and O–H groups in total. The zero-order chi connectivity index (χ0) is 8.81. The molecule has 0 aliphatic rings. The normalized spacial score (nSPS) is 10.8. The van der Waals surface area contributed by atoms with E-state index < -0.39 is 0 Å². The Balaban J connectivity index is 2.71. The van der Waals surface area contributed by atoms with Gasteiger partial charge in [-0.1, -0.05) is 19.1 Å². The van der Waals surface area contributed by atoms with Gasteiger partial charge in [-0.15, -0.1) is 11.8 Å². The quantitative estimate of drug-likeness (QED) is 0.335. The van der Waals surface area contributed by atoms with Gasteiger partial charge >= 0.3 is 0 Å². The van der Waals surface area contributed by atoms with Crippen molar-refractivity contribution in [2.24, 2.45) is 10.9 Å². The van der Waals surface area contributed by atoms with Gasteiger partial charge in [0.15, 0.2) is 0 Å². The highest BCUT2D eigenvalue weighted by Gasteiger charge is 1.90. The lowest BCUT2D eigenvalue weighted by Gasteiger charge is -1.97. The molecular weight excluding hydrogens is 168 g/mol. The number of hydrogen-bond acceptors (Lipinski definition) is 3. The molecule has 2 nitrogen and oxygen atoms in total. The van der Waals surface area contributed by atoms with Crippen LogP contribution in [0.4, 0.5) is 0 Å². The van der Waals surface area contributed by atoms with Crippen molar-refractivity contribution in [2.75, 3.05) is 5.75 Å². The van der Waals surface area contributed by atoms with E-state index in [1.807, 2.05) is 23.9 Å². The maximum Gasteiger partial charge on any atom is 0.0538 e. The van der Waals surface area contributed by atoms with Crippen LogP contribution in [0.5, 0.6) is 0 Å². The topological polar surface area (TPSA) is 38.4 Å². The smallest absolute Gasteiger partial charge is 0.0538 e. The monoisotopic (exact) mass is 180 g/mol. The molecule has 0 fully saturated rings. The van der Waals surface area contributed by atoms with Gasteiger partial charge in [0.1, 0.15) is 0 Å². The largest absolute Gasteiger partial charge is 0.323 e. The highest BCUT2D eigenvalue weighted by molar-refractivity contribution is 7.99. The standard InChI is InChI=1S/C9H12N2S/c1-2-12-9-5-3-8(4-6-9)7-11-10/h3-7H,2,10H2,1H3. The van der Waals surface area contributed by atoms with E-state index in [0.29, 0.717) is 0 Å². The predicted molar refractivity (Wildman–Crippen MR) is 54.6 cm³/mol. The van der Waals surface area contributed by atoms with E-state index in [0.717, 1.165) is 11.3 Å². The molecule has 0 amide bonds. The van der Waals surface area contributed by atoms with Gasteiger partial charge in [0.25, 0.3) is 0 Å². The third-order valence-electron chi connectivity index (χ3n) is 1.41. The molecule has 0 bridgehead atoms. The molecule has 12 heavy (non-hydrogen) atoms. The van der Waals surface area contributed by atoms with Crippen molar-refractivity contribution in [3.8, 4) is 0 Å². The van der Waals surface area contributed by atoms with Gasteiger partial charge in [-0.25, -0.2) is 0 Å². The second-order valence-electron chi connectivity index (χ2n) is 2.28. The number of rotatable bonds is 3. The zero-order valence-corrected chi connectivity index (χ0v) is 7.84. The maximum absolute atomic E-state index is 5.02. The average Bonchev–Trinajstić information content (AvgIpc) is 2.09. The molecule has 0 aliphatic heterocycles. The van der Waals surface area contributed by atoms with E-state index in [2.05, 4.69) is 24.2 Å². The fourth-order valence-electron chi connectivity index (χ4n) is 0.903. The van der Waals surface area contributed by atoms with Gasteiger partial charge < -0.3 is 5.84 Å². The van der Waals surface area contributed by atoms with Crippen LogP contribution < -0.4 is 5.84 Å². The first kappa shape index (κ1) is 9.13. The van der Waals surface area contributed by atoms with Gasteiger partial charge in [0.2, 0.25) is 0 Å². The average molecular weight is 180 g/mol. The minimum absolute atomic E-state index is 1.04. The zero-order valence-electron chi connectivity index (χ0n) is 7.03. The van der Waals surface area contributed by atoms with Gasteiger partial charge in [0.05, 0.1) is 6.21 Å². The van der Waals surface area contributed by atoms with Crippen molar-refractivity contribution >= 4 is 18.0 Å². The molecule has 0 atom stereocenters. The van der Waals surface area contributed by atoms with Crippen molar-refractivity contribution in [1.82, 2.24) is 0 Å². The molecule has 1 rings (SSSR count). The van der Waals surface area contributed by atoms with Crippen LogP contribution in [-0.4, -0.2) is 12.0 Å². The van der Waals surface area contributed by atoms with Crippen LogP contribution in [0, 0.1) is 0 Å². The molecule has 0 saturated heterocycles. The summed E-state index contributed by atoms with van der Waals surface area (Å²) in [7, 11) is 0. The summed E-state index contributed by atoms with van der Waals surface area (Å²) in [5, 5.41) is 3.45. The van der Waals surface area contributed by atoms with Crippen LogP contribution >= 0.6 is 11.8 Å². The second-order valence-corrected chi connectivity index (χ2v) is 3.62. The van der Waals surface area contributed by atoms with Crippen LogP contribution in [0.1, 0.15) is 12.5 Å². The Morgan fingerprint density at radius 1 is 1.42 bits per heavy atom. The van der Waals surface area contributed by atoms with Crippen LogP contribution in [0.25, 0.3) is 0 Å². The summed E-state index contributed by atoms with van der Waals surface area (Å²) < 4.78 is 0. The first-order valence-electron chi connectivity index (χ1n) is 3.83. The fourth-order valence-corrected chi connectivity index (χ4v) is 1.56. The minimum Gasteiger partial charge on any atom is -0.323 e. The molecule has 0 radical (unpaired) electrons. The number of nitrogens with zero attached hydrogens (tertiary/aromatic N) is 1. The molecule has 0 aromatic heterocycles. The molecule has 3 heteroatoms. The third kappa shape index (κ3) is 2.58. The van der Waals surface area contributed by atoms with Crippen molar-refractivity contribution < 1.29 is 0 Å². The highest BCUT2D eigenvalue weighted by atomic mass is 32.2.